The van der Waals surface area contributed by atoms with Crippen molar-refractivity contribution in [1.29, 1.82) is 0 Å². The van der Waals surface area contributed by atoms with E-state index in [1.807, 2.05) is 6.92 Å². The predicted molar refractivity (Wildman–Crippen MR) is 115 cm³/mol. The summed E-state index contributed by atoms with van der Waals surface area (Å²) < 4.78 is 5.83. The number of rotatable bonds is 5. The Morgan fingerprint density at radius 2 is 1.97 bits per heavy atom. The molecule has 152 valence electrons. The van der Waals surface area contributed by atoms with E-state index in [4.69, 9.17) is 27.9 Å². The summed E-state index contributed by atoms with van der Waals surface area (Å²) in [5.74, 6) is -1.97. The zero-order valence-corrected chi connectivity index (χ0v) is 18.5. The molecule has 0 radical (unpaired) electrons. The second-order valence-electron chi connectivity index (χ2n) is 6.59. The van der Waals surface area contributed by atoms with Crippen molar-refractivity contribution in [3.63, 3.8) is 0 Å². The molecule has 1 aliphatic rings. The summed E-state index contributed by atoms with van der Waals surface area (Å²) in [7, 11) is 0. The van der Waals surface area contributed by atoms with Crippen LogP contribution in [0.15, 0.2) is 40.9 Å². The summed E-state index contributed by atoms with van der Waals surface area (Å²) in [4.78, 5) is 38.2. The number of nitrogens with one attached hydrogen (secondary N) is 1. The molecule has 0 aromatic heterocycles. The maximum absolute atomic E-state index is 12.3. The highest BCUT2D eigenvalue weighted by Crippen LogP contribution is 2.31. The first-order valence-electron chi connectivity index (χ1n) is 8.73. The molecule has 1 aliphatic heterocycles. The molecule has 6 nitrogen and oxygen atoms in total. The van der Waals surface area contributed by atoms with Gasteiger partial charge in [0.1, 0.15) is 0 Å². The minimum absolute atomic E-state index is 0.00705. The average Bonchev–Trinajstić information content (AvgIpc) is 3.06. The van der Waals surface area contributed by atoms with E-state index in [9.17, 15) is 14.4 Å². The van der Waals surface area contributed by atoms with Gasteiger partial charge in [-0.15, -0.1) is 0 Å². The first kappa shape index (κ1) is 21.6. The molecule has 0 saturated carbocycles. The molecule has 1 fully saturated rings. The molecule has 2 aromatic rings. The van der Waals surface area contributed by atoms with Gasteiger partial charge in [0.2, 0.25) is 5.91 Å². The Morgan fingerprint density at radius 3 is 2.69 bits per heavy atom. The molecular weight excluding hydrogens is 483 g/mol. The first-order chi connectivity index (χ1) is 13.8. The van der Waals surface area contributed by atoms with Gasteiger partial charge in [-0.05, 0) is 52.7 Å². The molecule has 9 heteroatoms. The van der Waals surface area contributed by atoms with Crippen LogP contribution in [-0.2, 0) is 19.1 Å². The number of anilines is 2. The van der Waals surface area contributed by atoms with Gasteiger partial charge in [-0.1, -0.05) is 35.3 Å². The molecule has 1 N–H and O–H groups in total. The SMILES string of the molecule is Cc1cc(Br)c(Cl)cc1NC(=O)COC(=O)[C@@H]1CC(=O)N(c2ccccc2Cl)C1. The Hall–Kier alpha value is -2.09. The van der Waals surface area contributed by atoms with Gasteiger partial charge in [0.15, 0.2) is 6.61 Å². The van der Waals surface area contributed by atoms with E-state index in [2.05, 4.69) is 21.2 Å². The lowest BCUT2D eigenvalue weighted by atomic mass is 10.1. The zero-order valence-electron chi connectivity index (χ0n) is 15.4. The highest BCUT2D eigenvalue weighted by molar-refractivity contribution is 9.10. The zero-order chi connectivity index (χ0) is 21.1. The van der Waals surface area contributed by atoms with Gasteiger partial charge in [-0.3, -0.25) is 14.4 Å². The maximum atomic E-state index is 12.3. The van der Waals surface area contributed by atoms with Crippen LogP contribution in [0.3, 0.4) is 0 Å². The summed E-state index contributed by atoms with van der Waals surface area (Å²) >= 11 is 15.5. The van der Waals surface area contributed by atoms with E-state index in [-0.39, 0.29) is 18.9 Å². The number of benzene rings is 2. The van der Waals surface area contributed by atoms with Crippen molar-refractivity contribution in [2.45, 2.75) is 13.3 Å². The van der Waals surface area contributed by atoms with E-state index in [0.717, 1.165) is 10.0 Å². The number of carbonyl (C=O) groups is 3. The quantitative estimate of drug-likeness (QED) is 0.610. The van der Waals surface area contributed by atoms with Crippen LogP contribution in [0.25, 0.3) is 0 Å². The van der Waals surface area contributed by atoms with Crippen molar-refractivity contribution in [2.24, 2.45) is 5.92 Å². The lowest BCUT2D eigenvalue weighted by Gasteiger charge is -2.17. The van der Waals surface area contributed by atoms with Crippen LogP contribution in [0, 0.1) is 12.8 Å². The van der Waals surface area contributed by atoms with Crippen LogP contribution >= 0.6 is 39.1 Å². The normalized spacial score (nSPS) is 16.1. The fourth-order valence-corrected chi connectivity index (χ4v) is 3.85. The minimum atomic E-state index is -0.657. The molecule has 0 unspecified atom stereocenters. The van der Waals surface area contributed by atoms with Crippen molar-refractivity contribution in [1.82, 2.24) is 0 Å². The van der Waals surface area contributed by atoms with Crippen LogP contribution < -0.4 is 10.2 Å². The van der Waals surface area contributed by atoms with Gasteiger partial charge < -0.3 is 15.0 Å². The molecule has 3 rings (SSSR count). The number of esters is 1. The number of carbonyl (C=O) groups excluding carboxylic acids is 3. The Balaban J connectivity index is 1.56. The number of amides is 2. The van der Waals surface area contributed by atoms with Crippen LogP contribution in [0.4, 0.5) is 11.4 Å². The summed E-state index contributed by atoms with van der Waals surface area (Å²) in [5, 5.41) is 3.54. The van der Waals surface area contributed by atoms with Gasteiger partial charge in [-0.25, -0.2) is 0 Å². The third kappa shape index (κ3) is 5.10. The van der Waals surface area contributed by atoms with Gasteiger partial charge in [0, 0.05) is 23.1 Å². The summed E-state index contributed by atoms with van der Waals surface area (Å²) in [5.41, 5.74) is 1.88. The van der Waals surface area contributed by atoms with Gasteiger partial charge in [0.25, 0.3) is 5.91 Å². The smallest absolute Gasteiger partial charge is 0.311 e. The van der Waals surface area contributed by atoms with E-state index in [0.29, 0.717) is 21.4 Å². The number of ether oxygens (including phenoxy) is 1. The lowest BCUT2D eigenvalue weighted by molar-refractivity contribution is -0.151. The third-order valence-electron chi connectivity index (χ3n) is 4.49. The lowest BCUT2D eigenvalue weighted by Crippen LogP contribution is -2.28. The Morgan fingerprint density at radius 1 is 1.24 bits per heavy atom. The Bertz CT molecular complexity index is 983. The highest BCUT2D eigenvalue weighted by atomic mass is 79.9. The van der Waals surface area contributed by atoms with E-state index in [1.54, 1.807) is 36.4 Å². The molecular formula is C20H17BrCl2N2O4. The number of nitrogens with zero attached hydrogens (tertiary/aromatic N) is 1. The van der Waals surface area contributed by atoms with Gasteiger partial charge in [-0.2, -0.15) is 0 Å². The standard InChI is InChI=1S/C20H17BrCl2N2O4/c1-11-6-13(21)15(23)8-16(11)24-18(26)10-29-20(28)12-7-19(27)25(9-12)17-5-3-2-4-14(17)22/h2-6,8,12H,7,9-10H2,1H3,(H,24,26)/t12-/m1/s1. The molecule has 1 heterocycles. The van der Waals surface area contributed by atoms with Crippen molar-refractivity contribution in [3.05, 3.63) is 56.5 Å². The van der Waals surface area contributed by atoms with Gasteiger partial charge >= 0.3 is 5.97 Å². The second kappa shape index (κ2) is 9.15. The molecule has 1 atom stereocenters. The average molecular weight is 500 g/mol. The molecule has 2 amide bonds. The van der Waals surface area contributed by atoms with E-state index >= 15 is 0 Å². The molecule has 29 heavy (non-hydrogen) atoms. The van der Waals surface area contributed by atoms with Crippen molar-refractivity contribution in [3.8, 4) is 0 Å². The molecule has 0 spiro atoms. The third-order valence-corrected chi connectivity index (χ3v) is 6.01. The number of hydrogen-bond acceptors (Lipinski definition) is 4. The predicted octanol–water partition coefficient (Wildman–Crippen LogP) is 4.60. The van der Waals surface area contributed by atoms with E-state index < -0.39 is 24.4 Å². The molecule has 0 bridgehead atoms. The monoisotopic (exact) mass is 498 g/mol. The largest absolute Gasteiger partial charge is 0.455 e. The van der Waals surface area contributed by atoms with Crippen molar-refractivity contribution < 1.29 is 19.1 Å². The molecule has 0 aliphatic carbocycles. The first-order valence-corrected chi connectivity index (χ1v) is 10.3. The second-order valence-corrected chi connectivity index (χ2v) is 8.26. The van der Waals surface area contributed by atoms with Crippen LogP contribution in [0.5, 0.6) is 0 Å². The molecule has 1 saturated heterocycles. The minimum Gasteiger partial charge on any atom is -0.455 e. The highest BCUT2D eigenvalue weighted by Gasteiger charge is 2.37. The number of aryl methyl sites for hydroxylation is 1. The van der Waals surface area contributed by atoms with Crippen LogP contribution in [-0.4, -0.2) is 30.9 Å². The summed E-state index contributed by atoms with van der Waals surface area (Å²) in [6, 6.07) is 10.3. The maximum Gasteiger partial charge on any atom is 0.311 e. The summed E-state index contributed by atoms with van der Waals surface area (Å²) in [6.45, 7) is 1.52. The Labute approximate surface area is 186 Å². The van der Waals surface area contributed by atoms with Crippen LogP contribution in [0.2, 0.25) is 10.0 Å². The van der Waals surface area contributed by atoms with Crippen LogP contribution in [0.1, 0.15) is 12.0 Å². The topological polar surface area (TPSA) is 75.7 Å². The molecule has 2 aromatic carbocycles. The number of para-hydroxylation sites is 1. The Kier molecular flexibility index (Phi) is 6.82. The number of hydrogen-bond donors (Lipinski definition) is 1. The fourth-order valence-electron chi connectivity index (χ4n) is 2.99. The van der Waals surface area contributed by atoms with Crippen molar-refractivity contribution in [2.75, 3.05) is 23.4 Å². The van der Waals surface area contributed by atoms with Crippen molar-refractivity contribution >= 4 is 68.3 Å². The van der Waals surface area contributed by atoms with Gasteiger partial charge in [0.05, 0.1) is 21.7 Å². The number of halogens is 3. The fraction of sp³-hybridized carbons (Fsp3) is 0.250. The van der Waals surface area contributed by atoms with E-state index in [1.165, 1.54) is 4.90 Å². The summed E-state index contributed by atoms with van der Waals surface area (Å²) in [6.07, 6.45) is 0.00705.